The van der Waals surface area contributed by atoms with Gasteiger partial charge in [0.15, 0.2) is 0 Å². The minimum absolute atomic E-state index is 0.0386. The van der Waals surface area contributed by atoms with E-state index >= 15 is 0 Å². The Morgan fingerprint density at radius 1 is 1.14 bits per heavy atom. The van der Waals surface area contributed by atoms with Crippen LogP contribution in [0.2, 0.25) is 0 Å². The number of methoxy groups -OCH3 is 1. The third kappa shape index (κ3) is 3.95. The predicted molar refractivity (Wildman–Crippen MR) is 79.9 cm³/mol. The highest BCUT2D eigenvalue weighted by Crippen LogP contribution is 2.28. The third-order valence-corrected chi connectivity index (χ3v) is 4.08. The van der Waals surface area contributed by atoms with Gasteiger partial charge in [0.2, 0.25) is 11.8 Å². The van der Waals surface area contributed by atoms with E-state index in [1.165, 1.54) is 0 Å². The number of piperazine rings is 1. The summed E-state index contributed by atoms with van der Waals surface area (Å²) in [5.74, 6) is -0.127. The van der Waals surface area contributed by atoms with Gasteiger partial charge in [-0.1, -0.05) is 6.92 Å². The molecule has 0 aromatic rings. The van der Waals surface area contributed by atoms with Gasteiger partial charge < -0.3 is 19.7 Å². The zero-order valence-electron chi connectivity index (χ0n) is 13.8. The number of amides is 2. The average molecular weight is 300 g/mol. The molecule has 6 nitrogen and oxygen atoms in total. The van der Waals surface area contributed by atoms with Crippen molar-refractivity contribution in [1.29, 1.82) is 0 Å². The Labute approximate surface area is 127 Å². The van der Waals surface area contributed by atoms with Crippen molar-refractivity contribution in [3.63, 3.8) is 0 Å². The van der Waals surface area contributed by atoms with E-state index in [4.69, 9.17) is 9.47 Å². The number of carbonyl (C=O) groups excluding carboxylic acids is 2. The zero-order valence-corrected chi connectivity index (χ0v) is 13.8. The number of ether oxygens (including phenoxy) is 2. The van der Waals surface area contributed by atoms with Crippen LogP contribution in [0.5, 0.6) is 0 Å². The number of rotatable bonds is 8. The number of nitrogens with one attached hydrogen (secondary N) is 1. The molecule has 6 heteroatoms. The lowest BCUT2D eigenvalue weighted by molar-refractivity contribution is -0.161. The van der Waals surface area contributed by atoms with Gasteiger partial charge in [0.1, 0.15) is 11.1 Å². The normalized spacial score (nSPS) is 25.1. The molecule has 0 saturated carbocycles. The van der Waals surface area contributed by atoms with Gasteiger partial charge in [0, 0.05) is 20.3 Å². The van der Waals surface area contributed by atoms with Gasteiger partial charge in [-0.15, -0.1) is 0 Å². The quantitative estimate of drug-likeness (QED) is 0.678. The van der Waals surface area contributed by atoms with Crippen molar-refractivity contribution in [2.45, 2.75) is 51.6 Å². The maximum Gasteiger partial charge on any atom is 0.248 e. The highest BCUT2D eigenvalue weighted by atomic mass is 16.5. The SMILES string of the molecule is CCC1(C)C(=O)NC(C)(C)C(=O)N1CCCOCCOC. The molecule has 1 N–H and O–H groups in total. The Kier molecular flexibility index (Phi) is 6.16. The highest BCUT2D eigenvalue weighted by Gasteiger charge is 2.51. The molecular formula is C15H28N2O4. The molecule has 21 heavy (non-hydrogen) atoms. The number of nitrogens with zero attached hydrogens (tertiary/aromatic N) is 1. The predicted octanol–water partition coefficient (Wildman–Crippen LogP) is 0.945. The number of carbonyl (C=O) groups is 2. The Bertz CT molecular complexity index is 384. The molecule has 1 aliphatic rings. The highest BCUT2D eigenvalue weighted by molar-refractivity contribution is 6.01. The van der Waals surface area contributed by atoms with Gasteiger partial charge in [-0.05, 0) is 33.6 Å². The van der Waals surface area contributed by atoms with E-state index < -0.39 is 11.1 Å². The van der Waals surface area contributed by atoms with E-state index in [2.05, 4.69) is 5.32 Å². The van der Waals surface area contributed by atoms with Gasteiger partial charge in [-0.3, -0.25) is 9.59 Å². The molecule has 1 saturated heterocycles. The molecule has 2 amide bonds. The summed E-state index contributed by atoms with van der Waals surface area (Å²) >= 11 is 0. The summed E-state index contributed by atoms with van der Waals surface area (Å²) in [6.45, 7) is 9.40. The van der Waals surface area contributed by atoms with Crippen molar-refractivity contribution in [3.05, 3.63) is 0 Å². The molecule has 0 aliphatic carbocycles. The molecule has 1 heterocycles. The fraction of sp³-hybridized carbons (Fsp3) is 0.867. The number of hydrogen-bond donors (Lipinski definition) is 1. The van der Waals surface area contributed by atoms with Crippen LogP contribution in [0.15, 0.2) is 0 Å². The van der Waals surface area contributed by atoms with Crippen LogP contribution in [0, 0.1) is 0 Å². The van der Waals surface area contributed by atoms with Crippen molar-refractivity contribution < 1.29 is 19.1 Å². The van der Waals surface area contributed by atoms with Crippen molar-refractivity contribution in [2.24, 2.45) is 0 Å². The van der Waals surface area contributed by atoms with Crippen LogP contribution in [0.25, 0.3) is 0 Å². The molecule has 1 atom stereocenters. The van der Waals surface area contributed by atoms with E-state index in [1.54, 1.807) is 25.9 Å². The standard InChI is InChI=1S/C15H28N2O4/c1-6-15(4)12(18)16-14(2,3)13(19)17(15)8-7-9-21-11-10-20-5/h6-11H2,1-5H3,(H,16,18). The largest absolute Gasteiger partial charge is 0.382 e. The van der Waals surface area contributed by atoms with Gasteiger partial charge in [-0.2, -0.15) is 0 Å². The summed E-state index contributed by atoms with van der Waals surface area (Å²) in [6, 6.07) is 0. The van der Waals surface area contributed by atoms with Crippen molar-refractivity contribution in [1.82, 2.24) is 10.2 Å². The molecule has 1 unspecified atom stereocenters. The monoisotopic (exact) mass is 300 g/mol. The topological polar surface area (TPSA) is 67.9 Å². The first-order valence-corrected chi connectivity index (χ1v) is 7.51. The van der Waals surface area contributed by atoms with E-state index in [0.717, 1.165) is 0 Å². The minimum atomic E-state index is -0.845. The molecule has 0 bridgehead atoms. The van der Waals surface area contributed by atoms with Crippen LogP contribution in [-0.4, -0.2) is 61.3 Å². The minimum Gasteiger partial charge on any atom is -0.382 e. The summed E-state index contributed by atoms with van der Waals surface area (Å²) in [7, 11) is 1.63. The lowest BCUT2D eigenvalue weighted by Gasteiger charge is -2.49. The van der Waals surface area contributed by atoms with Crippen LogP contribution in [0.4, 0.5) is 0 Å². The lowest BCUT2D eigenvalue weighted by atomic mass is 9.86. The van der Waals surface area contributed by atoms with Gasteiger partial charge in [0.05, 0.1) is 13.2 Å². The third-order valence-electron chi connectivity index (χ3n) is 4.08. The van der Waals surface area contributed by atoms with Crippen LogP contribution >= 0.6 is 0 Å². The van der Waals surface area contributed by atoms with Crippen molar-refractivity contribution >= 4 is 11.8 Å². The summed E-state index contributed by atoms with van der Waals surface area (Å²) in [5.41, 5.74) is -1.62. The molecular weight excluding hydrogens is 272 g/mol. The maximum atomic E-state index is 12.6. The second-order valence-electron chi connectivity index (χ2n) is 6.12. The van der Waals surface area contributed by atoms with Crippen LogP contribution < -0.4 is 5.32 Å². The summed E-state index contributed by atoms with van der Waals surface area (Å²) < 4.78 is 10.3. The molecule has 0 aromatic heterocycles. The molecule has 0 spiro atoms. The van der Waals surface area contributed by atoms with E-state index in [9.17, 15) is 9.59 Å². The van der Waals surface area contributed by atoms with Gasteiger partial charge >= 0.3 is 0 Å². The second-order valence-corrected chi connectivity index (χ2v) is 6.12. The van der Waals surface area contributed by atoms with E-state index in [0.29, 0.717) is 39.2 Å². The van der Waals surface area contributed by atoms with Crippen molar-refractivity contribution in [2.75, 3.05) is 33.5 Å². The average Bonchev–Trinajstić information content (AvgIpc) is 2.43. The Balaban J connectivity index is 2.65. The van der Waals surface area contributed by atoms with Crippen LogP contribution in [-0.2, 0) is 19.1 Å². The van der Waals surface area contributed by atoms with Gasteiger partial charge in [0.25, 0.3) is 0 Å². The summed E-state index contributed by atoms with van der Waals surface area (Å²) in [5, 5.41) is 2.82. The zero-order chi connectivity index (χ0) is 16.1. The molecule has 0 aromatic carbocycles. The molecule has 1 fully saturated rings. The molecule has 1 rings (SSSR count). The first kappa shape index (κ1) is 17.9. The fourth-order valence-corrected chi connectivity index (χ4v) is 2.42. The summed E-state index contributed by atoms with van der Waals surface area (Å²) in [4.78, 5) is 26.6. The van der Waals surface area contributed by atoms with Gasteiger partial charge in [-0.25, -0.2) is 0 Å². The van der Waals surface area contributed by atoms with E-state index in [1.807, 2.05) is 13.8 Å². The maximum absolute atomic E-state index is 12.6. The molecule has 122 valence electrons. The number of hydrogen-bond acceptors (Lipinski definition) is 4. The Morgan fingerprint density at radius 3 is 2.38 bits per heavy atom. The summed E-state index contributed by atoms with van der Waals surface area (Å²) in [6.07, 6.45) is 1.29. The molecule has 0 radical (unpaired) electrons. The molecule has 1 aliphatic heterocycles. The van der Waals surface area contributed by atoms with E-state index in [-0.39, 0.29) is 11.8 Å². The van der Waals surface area contributed by atoms with Crippen LogP contribution in [0.1, 0.15) is 40.5 Å². The van der Waals surface area contributed by atoms with Crippen LogP contribution in [0.3, 0.4) is 0 Å². The Hall–Kier alpha value is -1.14. The first-order chi connectivity index (χ1) is 9.79. The Morgan fingerprint density at radius 2 is 1.81 bits per heavy atom. The second kappa shape index (κ2) is 7.22. The lowest BCUT2D eigenvalue weighted by Crippen LogP contribution is -2.73. The smallest absolute Gasteiger partial charge is 0.248 e. The fourth-order valence-electron chi connectivity index (χ4n) is 2.42. The first-order valence-electron chi connectivity index (χ1n) is 7.51. The van der Waals surface area contributed by atoms with Crippen molar-refractivity contribution in [3.8, 4) is 0 Å².